The Kier molecular flexibility index (Phi) is 2.74. The summed E-state index contributed by atoms with van der Waals surface area (Å²) in [6.45, 7) is 6.27. The Morgan fingerprint density at radius 2 is 2.29 bits per heavy atom. The topological polar surface area (TPSA) is 42.2 Å². The first kappa shape index (κ1) is 9.93. The number of anilines is 1. The number of piperidine rings is 1. The van der Waals surface area contributed by atoms with Crippen LogP contribution < -0.4 is 10.6 Å². The fourth-order valence-electron chi connectivity index (χ4n) is 1.77. The van der Waals surface area contributed by atoms with Crippen molar-refractivity contribution in [1.82, 2.24) is 4.98 Å². The molecule has 0 spiro atoms. The number of aryl methyl sites for hydroxylation is 2. The van der Waals surface area contributed by atoms with Crippen LogP contribution in [0.15, 0.2) is 0 Å². The van der Waals surface area contributed by atoms with E-state index in [9.17, 15) is 0 Å². The maximum absolute atomic E-state index is 5.94. The zero-order chi connectivity index (χ0) is 10.1. The van der Waals surface area contributed by atoms with Gasteiger partial charge in [-0.3, -0.25) is 0 Å². The standard InChI is InChI=1S/C10H17N3S/c1-7-8(2)14-10(12-7)13-5-3-4-9(11)6-13/h9H,3-6,11H2,1-2H3/t9-/m1/s1. The first-order valence-electron chi connectivity index (χ1n) is 5.11. The summed E-state index contributed by atoms with van der Waals surface area (Å²) in [5.74, 6) is 0. The number of hydrogen-bond donors (Lipinski definition) is 1. The molecular formula is C10H17N3S. The van der Waals surface area contributed by atoms with Crippen LogP contribution in [0.25, 0.3) is 0 Å². The maximum Gasteiger partial charge on any atom is 0.185 e. The van der Waals surface area contributed by atoms with E-state index in [1.165, 1.54) is 11.3 Å². The van der Waals surface area contributed by atoms with E-state index in [-0.39, 0.29) is 0 Å². The lowest BCUT2D eigenvalue weighted by atomic mass is 10.1. The summed E-state index contributed by atoms with van der Waals surface area (Å²) >= 11 is 1.78. The Balaban J connectivity index is 2.14. The Hall–Kier alpha value is -0.610. The number of rotatable bonds is 1. The molecule has 0 radical (unpaired) electrons. The molecule has 3 nitrogen and oxygen atoms in total. The molecule has 0 aliphatic carbocycles. The van der Waals surface area contributed by atoms with Crippen LogP contribution in [0.2, 0.25) is 0 Å². The van der Waals surface area contributed by atoms with Crippen molar-refractivity contribution >= 4 is 16.5 Å². The van der Waals surface area contributed by atoms with Crippen molar-refractivity contribution in [3.8, 4) is 0 Å². The van der Waals surface area contributed by atoms with Gasteiger partial charge in [0.05, 0.1) is 5.69 Å². The quantitative estimate of drug-likeness (QED) is 0.768. The van der Waals surface area contributed by atoms with E-state index in [2.05, 4.69) is 23.7 Å². The first-order chi connectivity index (χ1) is 6.66. The van der Waals surface area contributed by atoms with E-state index >= 15 is 0 Å². The van der Waals surface area contributed by atoms with Crippen molar-refractivity contribution in [3.63, 3.8) is 0 Å². The summed E-state index contributed by atoms with van der Waals surface area (Å²) in [5.41, 5.74) is 7.10. The van der Waals surface area contributed by atoms with E-state index in [0.29, 0.717) is 6.04 Å². The molecule has 1 fully saturated rings. The lowest BCUT2D eigenvalue weighted by Gasteiger charge is -2.30. The van der Waals surface area contributed by atoms with E-state index in [4.69, 9.17) is 5.73 Å². The summed E-state index contributed by atoms with van der Waals surface area (Å²) in [7, 11) is 0. The molecule has 2 N–H and O–H groups in total. The molecule has 0 bridgehead atoms. The molecule has 78 valence electrons. The molecule has 4 heteroatoms. The van der Waals surface area contributed by atoms with Crippen LogP contribution in [-0.2, 0) is 0 Å². The lowest BCUT2D eigenvalue weighted by molar-refractivity contribution is 0.505. The lowest BCUT2D eigenvalue weighted by Crippen LogP contribution is -2.42. The third-order valence-electron chi connectivity index (χ3n) is 2.75. The normalized spacial score (nSPS) is 22.8. The fraction of sp³-hybridized carbons (Fsp3) is 0.700. The minimum Gasteiger partial charge on any atom is -0.347 e. The van der Waals surface area contributed by atoms with Gasteiger partial charge in [0.15, 0.2) is 5.13 Å². The van der Waals surface area contributed by atoms with Crippen molar-refractivity contribution in [2.75, 3.05) is 18.0 Å². The van der Waals surface area contributed by atoms with Crippen LogP contribution in [0.4, 0.5) is 5.13 Å². The van der Waals surface area contributed by atoms with Crippen molar-refractivity contribution in [2.45, 2.75) is 32.7 Å². The third-order valence-corrected chi connectivity index (χ3v) is 3.88. The smallest absolute Gasteiger partial charge is 0.185 e. The minimum atomic E-state index is 0.327. The van der Waals surface area contributed by atoms with E-state index < -0.39 is 0 Å². The summed E-state index contributed by atoms with van der Waals surface area (Å²) in [4.78, 5) is 8.19. The number of aromatic nitrogens is 1. The Bertz CT molecular complexity index is 302. The molecule has 2 rings (SSSR count). The minimum absolute atomic E-state index is 0.327. The van der Waals surface area contributed by atoms with Crippen LogP contribution in [-0.4, -0.2) is 24.1 Å². The van der Waals surface area contributed by atoms with Crippen LogP contribution >= 0.6 is 11.3 Å². The first-order valence-corrected chi connectivity index (χ1v) is 5.93. The molecule has 2 heterocycles. The summed E-state index contributed by atoms with van der Waals surface area (Å²) in [6, 6.07) is 0.327. The van der Waals surface area contributed by atoms with Gasteiger partial charge in [-0.25, -0.2) is 4.98 Å². The second-order valence-electron chi connectivity index (χ2n) is 3.99. The van der Waals surface area contributed by atoms with Crippen LogP contribution in [0.3, 0.4) is 0 Å². The monoisotopic (exact) mass is 211 g/mol. The largest absolute Gasteiger partial charge is 0.347 e. The van der Waals surface area contributed by atoms with Gasteiger partial charge in [0.25, 0.3) is 0 Å². The van der Waals surface area contributed by atoms with Gasteiger partial charge >= 0.3 is 0 Å². The van der Waals surface area contributed by atoms with Crippen molar-refractivity contribution in [2.24, 2.45) is 5.73 Å². The molecule has 0 amide bonds. The third kappa shape index (κ3) is 1.91. The number of hydrogen-bond acceptors (Lipinski definition) is 4. The van der Waals surface area contributed by atoms with Gasteiger partial charge in [0.1, 0.15) is 0 Å². The zero-order valence-corrected chi connectivity index (χ0v) is 9.60. The molecule has 14 heavy (non-hydrogen) atoms. The van der Waals surface area contributed by atoms with Crippen LogP contribution in [0, 0.1) is 13.8 Å². The SMILES string of the molecule is Cc1nc(N2CCC[C@@H](N)C2)sc1C. The molecule has 1 atom stereocenters. The molecule has 1 aliphatic heterocycles. The molecule has 0 aromatic carbocycles. The van der Waals surface area contributed by atoms with Crippen molar-refractivity contribution < 1.29 is 0 Å². The number of thiazole rings is 1. The van der Waals surface area contributed by atoms with Crippen LogP contribution in [0.5, 0.6) is 0 Å². The van der Waals surface area contributed by atoms with E-state index in [1.807, 2.05) is 0 Å². The summed E-state index contributed by atoms with van der Waals surface area (Å²) < 4.78 is 0. The molecule has 1 aromatic rings. The number of nitrogens with zero attached hydrogens (tertiary/aromatic N) is 2. The molecular weight excluding hydrogens is 194 g/mol. The highest BCUT2D eigenvalue weighted by atomic mass is 32.1. The average Bonchev–Trinajstić information content (AvgIpc) is 2.47. The predicted molar refractivity (Wildman–Crippen MR) is 61.0 cm³/mol. The van der Waals surface area contributed by atoms with Gasteiger partial charge in [-0.1, -0.05) is 0 Å². The van der Waals surface area contributed by atoms with Crippen LogP contribution in [0.1, 0.15) is 23.4 Å². The van der Waals surface area contributed by atoms with Gasteiger partial charge in [-0.2, -0.15) is 0 Å². The second kappa shape index (κ2) is 3.87. The molecule has 1 saturated heterocycles. The fourth-order valence-corrected chi connectivity index (χ4v) is 2.72. The highest BCUT2D eigenvalue weighted by molar-refractivity contribution is 7.15. The Morgan fingerprint density at radius 1 is 1.50 bits per heavy atom. The van der Waals surface area contributed by atoms with E-state index in [0.717, 1.165) is 30.3 Å². The van der Waals surface area contributed by atoms with E-state index in [1.54, 1.807) is 11.3 Å². The Labute approximate surface area is 88.9 Å². The maximum atomic E-state index is 5.94. The molecule has 1 aliphatic rings. The van der Waals surface area contributed by atoms with Crippen molar-refractivity contribution in [3.05, 3.63) is 10.6 Å². The number of nitrogens with two attached hydrogens (primary N) is 1. The van der Waals surface area contributed by atoms with Gasteiger partial charge in [-0.05, 0) is 26.7 Å². The molecule has 0 unspecified atom stereocenters. The molecule has 1 aromatic heterocycles. The summed E-state index contributed by atoms with van der Waals surface area (Å²) in [5, 5.41) is 1.15. The van der Waals surface area contributed by atoms with Crippen molar-refractivity contribution in [1.29, 1.82) is 0 Å². The Morgan fingerprint density at radius 3 is 2.86 bits per heavy atom. The van der Waals surface area contributed by atoms with Gasteiger partial charge in [0.2, 0.25) is 0 Å². The average molecular weight is 211 g/mol. The van der Waals surface area contributed by atoms with Gasteiger partial charge in [-0.15, -0.1) is 11.3 Å². The van der Waals surface area contributed by atoms with Gasteiger partial charge in [0, 0.05) is 24.0 Å². The predicted octanol–water partition coefficient (Wildman–Crippen LogP) is 1.69. The van der Waals surface area contributed by atoms with Gasteiger partial charge < -0.3 is 10.6 Å². The molecule has 0 saturated carbocycles. The second-order valence-corrected chi connectivity index (χ2v) is 5.17. The zero-order valence-electron chi connectivity index (χ0n) is 8.79. The highest BCUT2D eigenvalue weighted by Crippen LogP contribution is 2.27. The highest BCUT2D eigenvalue weighted by Gasteiger charge is 2.19. The summed E-state index contributed by atoms with van der Waals surface area (Å²) in [6.07, 6.45) is 2.35.